The number of aromatic nitrogens is 2. The molecule has 0 aliphatic heterocycles. The van der Waals surface area contributed by atoms with Gasteiger partial charge in [0.25, 0.3) is 5.91 Å². The Bertz CT molecular complexity index is 985. The molecule has 0 saturated heterocycles. The first-order chi connectivity index (χ1) is 12.7. The van der Waals surface area contributed by atoms with Crippen LogP contribution in [-0.4, -0.2) is 15.9 Å². The number of nitrogens with zero attached hydrogens (tertiary/aromatic N) is 2. The first-order valence-electron chi connectivity index (χ1n) is 7.82. The molecule has 4 nitrogen and oxygen atoms in total. The molecule has 1 N–H and O–H groups in total. The highest BCUT2D eigenvalue weighted by atomic mass is 19.4. The van der Waals surface area contributed by atoms with Crippen molar-refractivity contribution < 1.29 is 22.4 Å². The maximum Gasteiger partial charge on any atom is 0.416 e. The molecule has 0 saturated carbocycles. The largest absolute Gasteiger partial charge is 0.416 e. The first-order valence-corrected chi connectivity index (χ1v) is 7.82. The smallest absolute Gasteiger partial charge is 0.322 e. The third kappa shape index (κ3) is 4.28. The molecule has 3 aromatic rings. The van der Waals surface area contributed by atoms with E-state index < -0.39 is 23.5 Å². The molecule has 138 valence electrons. The summed E-state index contributed by atoms with van der Waals surface area (Å²) < 4.78 is 51.3. The van der Waals surface area contributed by atoms with Crippen LogP contribution >= 0.6 is 0 Å². The van der Waals surface area contributed by atoms with Gasteiger partial charge in [-0.25, -0.2) is 14.4 Å². The van der Waals surface area contributed by atoms with E-state index in [9.17, 15) is 22.4 Å². The third-order valence-electron chi connectivity index (χ3n) is 3.77. The molecule has 2 aromatic carbocycles. The lowest BCUT2D eigenvalue weighted by molar-refractivity contribution is -0.137. The molecular formula is C19H13F4N3O. The highest BCUT2D eigenvalue weighted by molar-refractivity contribution is 6.04. The molecule has 1 heterocycles. The number of anilines is 1. The molecule has 0 unspecified atom stereocenters. The minimum Gasteiger partial charge on any atom is -0.322 e. The Kier molecular flexibility index (Phi) is 4.89. The number of halogens is 4. The van der Waals surface area contributed by atoms with E-state index in [-0.39, 0.29) is 11.3 Å². The summed E-state index contributed by atoms with van der Waals surface area (Å²) in [4.78, 5) is 20.7. The lowest BCUT2D eigenvalue weighted by atomic mass is 10.1. The summed E-state index contributed by atoms with van der Waals surface area (Å²) in [5.74, 6) is -0.715. The van der Waals surface area contributed by atoms with Gasteiger partial charge < -0.3 is 5.32 Å². The van der Waals surface area contributed by atoms with Gasteiger partial charge >= 0.3 is 6.18 Å². The van der Waals surface area contributed by atoms with E-state index >= 15 is 0 Å². The van der Waals surface area contributed by atoms with E-state index in [4.69, 9.17) is 0 Å². The van der Waals surface area contributed by atoms with Gasteiger partial charge in [0.05, 0.1) is 16.8 Å². The van der Waals surface area contributed by atoms with Crippen molar-refractivity contribution in [1.82, 2.24) is 9.97 Å². The van der Waals surface area contributed by atoms with E-state index in [0.717, 1.165) is 12.1 Å². The van der Waals surface area contributed by atoms with E-state index in [2.05, 4.69) is 15.3 Å². The third-order valence-corrected chi connectivity index (χ3v) is 3.77. The molecule has 0 aliphatic carbocycles. The van der Waals surface area contributed by atoms with Gasteiger partial charge in [-0.2, -0.15) is 13.2 Å². The Labute approximate surface area is 151 Å². The number of aryl methyl sites for hydroxylation is 1. The van der Waals surface area contributed by atoms with E-state index in [0.29, 0.717) is 17.1 Å². The summed E-state index contributed by atoms with van der Waals surface area (Å²) in [5, 5.41) is 2.41. The van der Waals surface area contributed by atoms with E-state index in [1.165, 1.54) is 42.6 Å². The maximum atomic E-state index is 13.0. The molecule has 0 radical (unpaired) electrons. The second-order valence-corrected chi connectivity index (χ2v) is 5.73. The number of hydrogen-bond donors (Lipinski definition) is 1. The van der Waals surface area contributed by atoms with Gasteiger partial charge in [-0.05, 0) is 49.4 Å². The molecule has 0 bridgehead atoms. The Hall–Kier alpha value is -3.29. The van der Waals surface area contributed by atoms with Crippen molar-refractivity contribution in [1.29, 1.82) is 0 Å². The zero-order valence-corrected chi connectivity index (χ0v) is 14.0. The highest BCUT2D eigenvalue weighted by Crippen LogP contribution is 2.30. The van der Waals surface area contributed by atoms with Crippen LogP contribution in [0.1, 0.15) is 21.6 Å². The molecule has 27 heavy (non-hydrogen) atoms. The van der Waals surface area contributed by atoms with Crippen LogP contribution in [0.25, 0.3) is 11.4 Å². The predicted molar refractivity (Wildman–Crippen MR) is 91.6 cm³/mol. The quantitative estimate of drug-likeness (QED) is 0.665. The fourth-order valence-corrected chi connectivity index (χ4v) is 2.40. The Morgan fingerprint density at radius 3 is 2.41 bits per heavy atom. The van der Waals surface area contributed by atoms with E-state index in [1.54, 1.807) is 6.92 Å². The van der Waals surface area contributed by atoms with Crippen LogP contribution in [-0.2, 0) is 6.18 Å². The average Bonchev–Trinajstić information content (AvgIpc) is 2.61. The van der Waals surface area contributed by atoms with Crippen molar-refractivity contribution in [3.8, 4) is 11.4 Å². The van der Waals surface area contributed by atoms with Gasteiger partial charge in [0, 0.05) is 17.4 Å². The summed E-state index contributed by atoms with van der Waals surface area (Å²) in [5.41, 5.74) is 0.188. The molecule has 0 aliphatic rings. The fraction of sp³-hybridized carbons (Fsp3) is 0.105. The summed E-state index contributed by atoms with van der Waals surface area (Å²) in [6.07, 6.45) is -3.22. The van der Waals surface area contributed by atoms with Crippen molar-refractivity contribution in [3.63, 3.8) is 0 Å². The van der Waals surface area contributed by atoms with Crippen LogP contribution in [0.5, 0.6) is 0 Å². The molecule has 0 spiro atoms. The molecule has 3 rings (SSSR count). The lowest BCUT2D eigenvalue weighted by Crippen LogP contribution is -2.15. The Morgan fingerprint density at radius 2 is 1.78 bits per heavy atom. The standard InChI is InChI=1S/C19H13F4N3O/c1-11-16(10-24-17(25-11)12-5-7-14(20)8-6-12)18(27)26-15-4-2-3-13(9-15)19(21,22)23/h2-10H,1H3,(H,26,27). The normalized spacial score (nSPS) is 11.3. The Balaban J connectivity index is 1.82. The Morgan fingerprint density at radius 1 is 1.07 bits per heavy atom. The molecule has 1 amide bonds. The highest BCUT2D eigenvalue weighted by Gasteiger charge is 2.30. The molecular weight excluding hydrogens is 362 g/mol. The van der Waals surface area contributed by atoms with Gasteiger partial charge in [-0.1, -0.05) is 6.07 Å². The minimum atomic E-state index is -4.50. The minimum absolute atomic E-state index is 0.0110. The van der Waals surface area contributed by atoms with Crippen LogP contribution in [0.2, 0.25) is 0 Å². The first kappa shape index (κ1) is 18.5. The second kappa shape index (κ2) is 7.14. The summed E-state index contributed by atoms with van der Waals surface area (Å²) in [6, 6.07) is 9.88. The fourth-order valence-electron chi connectivity index (χ4n) is 2.40. The number of carbonyl (C=O) groups excluding carboxylic acids is 1. The zero-order valence-electron chi connectivity index (χ0n) is 14.0. The van der Waals surface area contributed by atoms with Gasteiger partial charge in [0.1, 0.15) is 5.82 Å². The number of alkyl halides is 3. The van der Waals surface area contributed by atoms with Crippen LogP contribution in [0.3, 0.4) is 0 Å². The zero-order chi connectivity index (χ0) is 19.6. The predicted octanol–water partition coefficient (Wildman–Crippen LogP) is 4.86. The number of nitrogens with one attached hydrogen (secondary N) is 1. The van der Waals surface area contributed by atoms with Crippen LogP contribution in [0.15, 0.2) is 54.7 Å². The van der Waals surface area contributed by atoms with Gasteiger partial charge in [-0.15, -0.1) is 0 Å². The van der Waals surface area contributed by atoms with Crippen LogP contribution in [0.4, 0.5) is 23.2 Å². The van der Waals surface area contributed by atoms with Crippen molar-refractivity contribution in [2.45, 2.75) is 13.1 Å². The van der Waals surface area contributed by atoms with Crippen LogP contribution in [0, 0.1) is 12.7 Å². The number of amides is 1. The second-order valence-electron chi connectivity index (χ2n) is 5.73. The van der Waals surface area contributed by atoms with Crippen molar-refractivity contribution >= 4 is 11.6 Å². The maximum absolute atomic E-state index is 13.0. The van der Waals surface area contributed by atoms with Crippen molar-refractivity contribution in [2.75, 3.05) is 5.32 Å². The molecule has 0 fully saturated rings. The molecule has 8 heteroatoms. The number of carbonyl (C=O) groups is 1. The van der Waals surface area contributed by atoms with Gasteiger partial charge in [-0.3, -0.25) is 4.79 Å². The summed E-state index contributed by atoms with van der Waals surface area (Å²) in [6.45, 7) is 1.58. The number of rotatable bonds is 3. The van der Waals surface area contributed by atoms with Crippen molar-refractivity contribution in [2.24, 2.45) is 0 Å². The number of benzene rings is 2. The number of hydrogen-bond acceptors (Lipinski definition) is 3. The van der Waals surface area contributed by atoms with Gasteiger partial charge in [0.2, 0.25) is 0 Å². The van der Waals surface area contributed by atoms with Crippen molar-refractivity contribution in [3.05, 3.63) is 77.4 Å². The summed E-state index contributed by atoms with van der Waals surface area (Å²) >= 11 is 0. The lowest BCUT2D eigenvalue weighted by Gasteiger charge is -2.11. The molecule has 1 aromatic heterocycles. The van der Waals surface area contributed by atoms with Gasteiger partial charge in [0.15, 0.2) is 5.82 Å². The average molecular weight is 375 g/mol. The van der Waals surface area contributed by atoms with Crippen LogP contribution < -0.4 is 5.32 Å². The summed E-state index contributed by atoms with van der Waals surface area (Å²) in [7, 11) is 0. The molecule has 0 atom stereocenters. The topological polar surface area (TPSA) is 54.9 Å². The monoisotopic (exact) mass is 375 g/mol. The SMILES string of the molecule is Cc1nc(-c2ccc(F)cc2)ncc1C(=O)Nc1cccc(C(F)(F)F)c1. The van der Waals surface area contributed by atoms with E-state index in [1.807, 2.05) is 0 Å².